The molecule has 0 spiro atoms. The number of aromatic nitrogens is 2. The quantitative estimate of drug-likeness (QED) is 0.643. The average Bonchev–Trinajstić information content (AvgIpc) is 2.90. The Morgan fingerprint density at radius 3 is 3.25 bits per heavy atom. The first-order valence-corrected chi connectivity index (χ1v) is 5.61. The molecule has 0 aliphatic carbocycles. The lowest BCUT2D eigenvalue weighted by atomic mass is 10.0. The van der Waals surface area contributed by atoms with E-state index in [9.17, 15) is 4.79 Å². The van der Waals surface area contributed by atoms with E-state index in [1.807, 2.05) is 0 Å². The van der Waals surface area contributed by atoms with Gasteiger partial charge in [-0.15, -0.1) is 0 Å². The van der Waals surface area contributed by atoms with E-state index < -0.39 is 6.04 Å². The van der Waals surface area contributed by atoms with Crippen LogP contribution in [0.4, 0.5) is 0 Å². The second kappa shape index (κ2) is 5.23. The van der Waals surface area contributed by atoms with Gasteiger partial charge >= 0.3 is 0 Å². The summed E-state index contributed by atoms with van der Waals surface area (Å²) in [5.41, 5.74) is 6.65. The van der Waals surface area contributed by atoms with Crippen LogP contribution >= 0.6 is 0 Å². The number of hydrogen-bond acceptors (Lipinski definition) is 4. The number of imidazole rings is 1. The van der Waals surface area contributed by atoms with Crippen molar-refractivity contribution in [2.75, 3.05) is 6.54 Å². The highest BCUT2D eigenvalue weighted by Gasteiger charge is 2.22. The summed E-state index contributed by atoms with van der Waals surface area (Å²) in [6, 6.07) is -0.275. The highest BCUT2D eigenvalue weighted by Crippen LogP contribution is 2.09. The number of rotatable bonds is 5. The van der Waals surface area contributed by atoms with E-state index in [0.29, 0.717) is 6.42 Å². The first-order valence-electron chi connectivity index (χ1n) is 5.61. The summed E-state index contributed by atoms with van der Waals surface area (Å²) < 4.78 is 0. The Morgan fingerprint density at radius 1 is 1.75 bits per heavy atom. The Labute approximate surface area is 94.8 Å². The molecule has 2 atom stereocenters. The molecule has 0 amide bonds. The fourth-order valence-electron chi connectivity index (χ4n) is 1.90. The van der Waals surface area contributed by atoms with Gasteiger partial charge in [0.1, 0.15) is 0 Å². The third kappa shape index (κ3) is 2.90. The smallest absolute Gasteiger partial charge is 0.155 e. The number of Topliss-reactive ketones (excluding diaryl/α,β-unsaturated/α-hetero) is 1. The second-order valence-corrected chi connectivity index (χ2v) is 4.14. The van der Waals surface area contributed by atoms with Crippen LogP contribution in [0, 0.1) is 6.42 Å². The third-order valence-electron chi connectivity index (χ3n) is 2.81. The Balaban J connectivity index is 1.79. The molecule has 2 heterocycles. The van der Waals surface area contributed by atoms with Crippen LogP contribution in [-0.2, 0) is 11.2 Å². The van der Waals surface area contributed by atoms with Crippen LogP contribution in [0.5, 0.6) is 0 Å². The molecule has 87 valence electrons. The van der Waals surface area contributed by atoms with E-state index in [1.165, 1.54) is 0 Å². The molecular weight excluding hydrogens is 204 g/mol. The molecule has 0 bridgehead atoms. The first kappa shape index (κ1) is 11.3. The van der Waals surface area contributed by atoms with Crippen LogP contribution in [0.25, 0.3) is 0 Å². The van der Waals surface area contributed by atoms with Gasteiger partial charge in [0, 0.05) is 25.1 Å². The predicted molar refractivity (Wildman–Crippen MR) is 60.6 cm³/mol. The molecule has 1 saturated heterocycles. The lowest BCUT2D eigenvalue weighted by molar-refractivity contribution is -0.117. The summed E-state index contributed by atoms with van der Waals surface area (Å²) in [7, 11) is 0. The van der Waals surface area contributed by atoms with Crippen molar-refractivity contribution in [3.8, 4) is 0 Å². The average molecular weight is 221 g/mol. The zero-order chi connectivity index (χ0) is 11.4. The summed E-state index contributed by atoms with van der Waals surface area (Å²) in [5, 5.41) is 3.25. The molecule has 0 saturated carbocycles. The number of aromatic amines is 1. The standard InChI is InChI=1S/C11H17N4O/c12-10(4-9-6-13-7-15-9)11(16)5-8-2-1-3-14-8/h5-8,10,14H,1-4,12H2,(H,13,15)/t8-,10-/m0/s1. The minimum absolute atomic E-state index is 0.00222. The molecule has 4 N–H and O–H groups in total. The second-order valence-electron chi connectivity index (χ2n) is 4.14. The lowest BCUT2D eigenvalue weighted by Crippen LogP contribution is -2.37. The molecule has 1 aromatic rings. The number of hydrogen-bond donors (Lipinski definition) is 3. The topological polar surface area (TPSA) is 83.8 Å². The van der Waals surface area contributed by atoms with Gasteiger partial charge in [0.25, 0.3) is 0 Å². The third-order valence-corrected chi connectivity index (χ3v) is 2.81. The number of carbonyl (C=O) groups excluding carboxylic acids is 1. The molecule has 1 radical (unpaired) electrons. The van der Waals surface area contributed by atoms with E-state index in [-0.39, 0.29) is 11.8 Å². The van der Waals surface area contributed by atoms with Crippen molar-refractivity contribution in [2.45, 2.75) is 31.3 Å². The summed E-state index contributed by atoms with van der Waals surface area (Å²) >= 11 is 0. The zero-order valence-electron chi connectivity index (χ0n) is 9.15. The normalized spacial score (nSPS) is 22.2. The fourth-order valence-corrected chi connectivity index (χ4v) is 1.90. The fraction of sp³-hybridized carbons (Fsp3) is 0.545. The van der Waals surface area contributed by atoms with Gasteiger partial charge in [-0.1, -0.05) is 0 Å². The molecule has 16 heavy (non-hydrogen) atoms. The SMILES string of the molecule is N[C@@H](Cc1c[nH]cn1)C(=O)[CH][C@@H]1CCCN1. The van der Waals surface area contributed by atoms with Crippen LogP contribution in [0.3, 0.4) is 0 Å². The van der Waals surface area contributed by atoms with Crippen molar-refractivity contribution < 1.29 is 4.79 Å². The predicted octanol–water partition coefficient (Wildman–Crippen LogP) is -0.195. The number of nitrogens with one attached hydrogen (secondary N) is 2. The molecular formula is C11H17N4O. The number of nitrogens with two attached hydrogens (primary N) is 1. The maximum Gasteiger partial charge on any atom is 0.155 e. The van der Waals surface area contributed by atoms with Crippen molar-refractivity contribution >= 4 is 5.78 Å². The first-order chi connectivity index (χ1) is 7.75. The van der Waals surface area contributed by atoms with Crippen LogP contribution in [0.2, 0.25) is 0 Å². The van der Waals surface area contributed by atoms with Gasteiger partial charge in [0.2, 0.25) is 0 Å². The summed E-state index contributed by atoms with van der Waals surface area (Å²) in [6.07, 6.45) is 7.72. The largest absolute Gasteiger partial charge is 0.351 e. The van der Waals surface area contributed by atoms with Gasteiger partial charge in [-0.2, -0.15) is 0 Å². The minimum Gasteiger partial charge on any atom is -0.351 e. The number of H-pyrrole nitrogens is 1. The minimum atomic E-state index is -0.481. The van der Waals surface area contributed by atoms with Gasteiger partial charge in [-0.25, -0.2) is 4.98 Å². The van der Waals surface area contributed by atoms with Crippen molar-refractivity contribution in [1.29, 1.82) is 0 Å². The van der Waals surface area contributed by atoms with Crippen molar-refractivity contribution in [2.24, 2.45) is 5.73 Å². The molecule has 2 rings (SSSR count). The van der Waals surface area contributed by atoms with Gasteiger partial charge in [0.05, 0.1) is 18.1 Å². The van der Waals surface area contributed by atoms with E-state index >= 15 is 0 Å². The van der Waals surface area contributed by atoms with E-state index in [4.69, 9.17) is 5.73 Å². The van der Waals surface area contributed by atoms with Crippen LogP contribution in [-0.4, -0.2) is 34.4 Å². The Bertz CT molecular complexity index is 330. The Morgan fingerprint density at radius 2 is 2.62 bits per heavy atom. The summed E-state index contributed by atoms with van der Waals surface area (Å²) in [6.45, 7) is 0.989. The number of ketones is 1. The Kier molecular flexibility index (Phi) is 3.69. The summed E-state index contributed by atoms with van der Waals surface area (Å²) in [4.78, 5) is 18.7. The summed E-state index contributed by atoms with van der Waals surface area (Å²) in [5.74, 6) is 0.00222. The maximum atomic E-state index is 11.8. The highest BCUT2D eigenvalue weighted by molar-refractivity contribution is 5.92. The van der Waals surface area contributed by atoms with Gasteiger partial charge in [0.15, 0.2) is 5.78 Å². The van der Waals surface area contributed by atoms with Gasteiger partial charge < -0.3 is 16.0 Å². The molecule has 1 aromatic heterocycles. The molecule has 1 aliphatic rings. The van der Waals surface area contributed by atoms with Crippen molar-refractivity contribution in [3.63, 3.8) is 0 Å². The van der Waals surface area contributed by atoms with Crippen LogP contribution < -0.4 is 11.1 Å². The van der Waals surface area contributed by atoms with E-state index in [1.54, 1.807) is 18.9 Å². The highest BCUT2D eigenvalue weighted by atomic mass is 16.1. The number of nitrogens with zero attached hydrogens (tertiary/aromatic N) is 1. The molecule has 5 heteroatoms. The van der Waals surface area contributed by atoms with E-state index in [0.717, 1.165) is 25.1 Å². The van der Waals surface area contributed by atoms with Crippen LogP contribution in [0.1, 0.15) is 18.5 Å². The lowest BCUT2D eigenvalue weighted by Gasteiger charge is -2.12. The molecule has 1 fully saturated rings. The van der Waals surface area contributed by atoms with Gasteiger partial charge in [-0.3, -0.25) is 4.79 Å². The van der Waals surface area contributed by atoms with Crippen LogP contribution in [0.15, 0.2) is 12.5 Å². The number of carbonyl (C=O) groups is 1. The molecule has 0 aromatic carbocycles. The van der Waals surface area contributed by atoms with E-state index in [2.05, 4.69) is 15.3 Å². The molecule has 1 aliphatic heterocycles. The van der Waals surface area contributed by atoms with Crippen molar-refractivity contribution in [3.05, 3.63) is 24.6 Å². The van der Waals surface area contributed by atoms with Crippen molar-refractivity contribution in [1.82, 2.24) is 15.3 Å². The Hall–Kier alpha value is -1.20. The monoisotopic (exact) mass is 221 g/mol. The molecule has 5 nitrogen and oxygen atoms in total. The molecule has 0 unspecified atom stereocenters. The maximum absolute atomic E-state index is 11.8. The zero-order valence-corrected chi connectivity index (χ0v) is 9.15. The van der Waals surface area contributed by atoms with Gasteiger partial charge in [-0.05, 0) is 19.4 Å².